The minimum absolute atomic E-state index is 0.140. The van der Waals surface area contributed by atoms with E-state index in [-0.39, 0.29) is 18.1 Å². The van der Waals surface area contributed by atoms with Crippen LogP contribution in [0, 0.1) is 0 Å². The lowest BCUT2D eigenvalue weighted by Gasteiger charge is -2.07. The zero-order chi connectivity index (χ0) is 17.1. The Hall–Kier alpha value is -2.33. The van der Waals surface area contributed by atoms with Crippen LogP contribution < -0.4 is 4.74 Å². The molecule has 0 amide bonds. The minimum Gasteiger partial charge on any atom is -0.504 e. The molecule has 23 heavy (non-hydrogen) atoms. The van der Waals surface area contributed by atoms with Crippen LogP contribution in [0.2, 0.25) is 0 Å². The van der Waals surface area contributed by atoms with Crippen LogP contribution in [0.4, 0.5) is 0 Å². The largest absolute Gasteiger partial charge is 0.504 e. The Morgan fingerprint density at radius 1 is 1.09 bits per heavy atom. The first-order valence-corrected chi connectivity index (χ1v) is 7.65. The van der Waals surface area contributed by atoms with Gasteiger partial charge in [-0.1, -0.05) is 36.4 Å². The second kappa shape index (κ2) is 10.4. The predicted molar refractivity (Wildman–Crippen MR) is 90.6 cm³/mol. The van der Waals surface area contributed by atoms with Crippen molar-refractivity contribution < 1.29 is 19.7 Å². The van der Waals surface area contributed by atoms with Crippen LogP contribution in [0.15, 0.2) is 48.5 Å². The van der Waals surface area contributed by atoms with Gasteiger partial charge >= 0.3 is 0 Å². The van der Waals surface area contributed by atoms with Crippen molar-refractivity contribution in [3.63, 3.8) is 0 Å². The summed E-state index contributed by atoms with van der Waals surface area (Å²) in [4.78, 5) is 10.8. The molecule has 0 aliphatic rings. The number of carbonyl (C=O) groups excluding carboxylic acids is 1. The molecule has 0 radical (unpaired) electrons. The summed E-state index contributed by atoms with van der Waals surface area (Å²) >= 11 is 0. The number of rotatable bonds is 6. The molecule has 124 valence electrons. The maximum absolute atomic E-state index is 10.8. The molecule has 0 spiro atoms. The molecule has 4 nitrogen and oxygen atoms in total. The molecule has 2 aromatic carbocycles. The highest BCUT2D eigenvalue weighted by molar-refractivity contribution is 5.75. The van der Waals surface area contributed by atoms with Crippen LogP contribution in [0.25, 0.3) is 0 Å². The van der Waals surface area contributed by atoms with E-state index in [4.69, 9.17) is 9.84 Å². The number of ketones is 1. The van der Waals surface area contributed by atoms with E-state index in [9.17, 15) is 9.90 Å². The van der Waals surface area contributed by atoms with Crippen LogP contribution in [0.5, 0.6) is 11.5 Å². The number of aliphatic hydroxyl groups is 1. The van der Waals surface area contributed by atoms with E-state index in [1.807, 2.05) is 37.3 Å². The molecule has 0 fully saturated rings. The van der Waals surface area contributed by atoms with E-state index < -0.39 is 0 Å². The Labute approximate surface area is 137 Å². The van der Waals surface area contributed by atoms with Crippen LogP contribution >= 0.6 is 0 Å². The van der Waals surface area contributed by atoms with Gasteiger partial charge in [0.25, 0.3) is 0 Å². The van der Waals surface area contributed by atoms with Crippen molar-refractivity contribution in [2.75, 3.05) is 6.61 Å². The smallest absolute Gasteiger partial charge is 0.161 e. The SMILES string of the molecule is CCOc1cc(CCC(C)=O)ccc1O.OCc1ccccc1. The number of aromatic hydroxyl groups is 1. The molecule has 0 aliphatic heterocycles. The normalized spacial score (nSPS) is 9.70. The zero-order valence-electron chi connectivity index (χ0n) is 13.7. The average molecular weight is 316 g/mol. The van der Waals surface area contributed by atoms with Gasteiger partial charge in [0.15, 0.2) is 11.5 Å². The number of benzene rings is 2. The van der Waals surface area contributed by atoms with Crippen molar-refractivity contribution in [3.8, 4) is 11.5 Å². The molecular formula is C19H24O4. The number of aliphatic hydroxyl groups excluding tert-OH is 1. The van der Waals surface area contributed by atoms with Gasteiger partial charge in [-0.05, 0) is 43.5 Å². The first-order valence-electron chi connectivity index (χ1n) is 7.65. The molecule has 2 N–H and O–H groups in total. The highest BCUT2D eigenvalue weighted by Gasteiger charge is 2.04. The van der Waals surface area contributed by atoms with Gasteiger partial charge < -0.3 is 19.7 Å². The maximum Gasteiger partial charge on any atom is 0.161 e. The minimum atomic E-state index is 0.140. The fourth-order valence-electron chi connectivity index (χ4n) is 1.89. The summed E-state index contributed by atoms with van der Waals surface area (Å²) in [7, 11) is 0. The number of aryl methyl sites for hydroxylation is 1. The third kappa shape index (κ3) is 7.47. The van der Waals surface area contributed by atoms with Gasteiger partial charge in [0, 0.05) is 6.42 Å². The summed E-state index contributed by atoms with van der Waals surface area (Å²) in [5.41, 5.74) is 1.97. The summed E-state index contributed by atoms with van der Waals surface area (Å²) in [6, 6.07) is 14.7. The van der Waals surface area contributed by atoms with E-state index in [1.165, 1.54) is 0 Å². The van der Waals surface area contributed by atoms with Gasteiger partial charge in [-0.2, -0.15) is 0 Å². The van der Waals surface area contributed by atoms with Crippen LogP contribution in [0.3, 0.4) is 0 Å². The summed E-state index contributed by atoms with van der Waals surface area (Å²) in [6.45, 7) is 4.09. The lowest BCUT2D eigenvalue weighted by Crippen LogP contribution is -1.96. The van der Waals surface area contributed by atoms with Crippen molar-refractivity contribution in [2.45, 2.75) is 33.3 Å². The maximum atomic E-state index is 10.8. The lowest BCUT2D eigenvalue weighted by molar-refractivity contribution is -0.116. The fourth-order valence-corrected chi connectivity index (χ4v) is 1.89. The van der Waals surface area contributed by atoms with E-state index in [2.05, 4.69) is 0 Å². The third-order valence-corrected chi connectivity index (χ3v) is 3.12. The summed E-state index contributed by atoms with van der Waals surface area (Å²) in [5.74, 6) is 0.794. The number of hydrogen-bond donors (Lipinski definition) is 2. The highest BCUT2D eigenvalue weighted by Crippen LogP contribution is 2.27. The van der Waals surface area contributed by atoms with Gasteiger partial charge in [0.1, 0.15) is 5.78 Å². The average Bonchev–Trinajstić information content (AvgIpc) is 2.57. The van der Waals surface area contributed by atoms with Crippen molar-refractivity contribution in [3.05, 3.63) is 59.7 Å². The second-order valence-corrected chi connectivity index (χ2v) is 5.08. The van der Waals surface area contributed by atoms with Crippen LogP contribution in [0.1, 0.15) is 31.4 Å². The van der Waals surface area contributed by atoms with Gasteiger partial charge in [0.2, 0.25) is 0 Å². The van der Waals surface area contributed by atoms with Gasteiger partial charge in [-0.25, -0.2) is 0 Å². The molecule has 0 saturated heterocycles. The van der Waals surface area contributed by atoms with Gasteiger partial charge in [-0.15, -0.1) is 0 Å². The van der Waals surface area contributed by atoms with Crippen molar-refractivity contribution in [1.29, 1.82) is 0 Å². The van der Waals surface area contributed by atoms with Crippen molar-refractivity contribution in [2.24, 2.45) is 0 Å². The van der Waals surface area contributed by atoms with Crippen LogP contribution in [-0.2, 0) is 17.8 Å². The molecular weight excluding hydrogens is 292 g/mol. The number of carbonyl (C=O) groups is 1. The molecule has 2 aromatic rings. The molecule has 0 unspecified atom stereocenters. The Kier molecular flexibility index (Phi) is 8.47. The molecule has 0 aromatic heterocycles. The lowest BCUT2D eigenvalue weighted by atomic mass is 10.1. The summed E-state index contributed by atoms with van der Waals surface area (Å²) < 4.78 is 5.25. The third-order valence-electron chi connectivity index (χ3n) is 3.12. The number of Topliss-reactive ketones (excluding diaryl/α,β-unsaturated/α-hetero) is 1. The van der Waals surface area contributed by atoms with E-state index in [0.717, 1.165) is 11.1 Å². The standard InChI is InChI=1S/C12H16O3.C7H8O/c1-3-15-12-8-10(5-4-9(2)13)6-7-11(12)14;8-6-7-4-2-1-3-5-7/h6-8,14H,3-5H2,1-2H3;1-5,8H,6H2. The molecule has 0 aliphatic carbocycles. The molecule has 0 heterocycles. The topological polar surface area (TPSA) is 66.8 Å². The molecule has 4 heteroatoms. The van der Waals surface area contributed by atoms with Gasteiger partial charge in [0.05, 0.1) is 13.2 Å². The summed E-state index contributed by atoms with van der Waals surface area (Å²) in [5, 5.41) is 18.0. The number of ether oxygens (including phenoxy) is 1. The monoisotopic (exact) mass is 316 g/mol. The second-order valence-electron chi connectivity index (χ2n) is 5.08. The number of phenols is 1. The Morgan fingerprint density at radius 2 is 1.78 bits per heavy atom. The first kappa shape index (κ1) is 18.7. The Morgan fingerprint density at radius 3 is 2.30 bits per heavy atom. The molecule has 0 bridgehead atoms. The predicted octanol–water partition coefficient (Wildman–Crippen LogP) is 3.49. The van der Waals surface area contributed by atoms with E-state index in [0.29, 0.717) is 25.2 Å². The number of hydrogen-bond acceptors (Lipinski definition) is 4. The van der Waals surface area contributed by atoms with E-state index >= 15 is 0 Å². The zero-order valence-corrected chi connectivity index (χ0v) is 13.7. The first-order chi connectivity index (χ1) is 11.1. The quantitative estimate of drug-likeness (QED) is 0.856. The summed E-state index contributed by atoms with van der Waals surface area (Å²) in [6.07, 6.45) is 1.21. The highest BCUT2D eigenvalue weighted by atomic mass is 16.5. The Bertz CT molecular complexity index is 594. The van der Waals surface area contributed by atoms with Crippen molar-refractivity contribution in [1.82, 2.24) is 0 Å². The van der Waals surface area contributed by atoms with E-state index in [1.54, 1.807) is 25.1 Å². The molecule has 2 rings (SSSR count). The number of phenolic OH excluding ortho intramolecular Hbond substituents is 1. The Balaban J connectivity index is 0.000000277. The van der Waals surface area contributed by atoms with Gasteiger partial charge in [-0.3, -0.25) is 0 Å². The fraction of sp³-hybridized carbons (Fsp3) is 0.316. The molecule has 0 atom stereocenters. The molecule has 0 saturated carbocycles. The van der Waals surface area contributed by atoms with Crippen LogP contribution in [-0.4, -0.2) is 22.6 Å². The van der Waals surface area contributed by atoms with Crippen molar-refractivity contribution >= 4 is 5.78 Å².